The molecule has 0 radical (unpaired) electrons. The molecule has 1 aromatic heterocycles. The van der Waals surface area contributed by atoms with Crippen LogP contribution in [0, 0.1) is 0 Å². The van der Waals surface area contributed by atoms with Crippen molar-refractivity contribution in [1.29, 1.82) is 0 Å². The molecule has 1 aliphatic heterocycles. The van der Waals surface area contributed by atoms with Crippen LogP contribution in [-0.4, -0.2) is 47.0 Å². The number of nitrogens with zero attached hydrogens (tertiary/aromatic N) is 2. The minimum absolute atomic E-state index is 0.225. The van der Waals surface area contributed by atoms with Gasteiger partial charge in [-0.15, -0.1) is 0 Å². The second-order valence-electron chi connectivity index (χ2n) is 6.02. The lowest BCUT2D eigenvalue weighted by atomic mass is 10.1. The summed E-state index contributed by atoms with van der Waals surface area (Å²) in [7, 11) is 0. The standard InChI is InChI=1S/C17H15BrF3N3O2/c18-10-3-4-14-13(8-10)12(5-6-22-14)15(25)24-7-1-2-11(24)9-23-16(26)17(19,20)21/h3-6,8,11H,1-2,7,9H2,(H,23,26). The van der Waals surface area contributed by atoms with Crippen molar-refractivity contribution in [3.8, 4) is 0 Å². The SMILES string of the molecule is O=C(c1ccnc2ccc(Br)cc12)N1CCCC1CNC(=O)C(F)(F)F. The van der Waals surface area contributed by atoms with E-state index in [2.05, 4.69) is 20.9 Å². The van der Waals surface area contributed by atoms with Crippen molar-refractivity contribution in [2.45, 2.75) is 25.1 Å². The van der Waals surface area contributed by atoms with Crippen molar-refractivity contribution in [1.82, 2.24) is 15.2 Å². The van der Waals surface area contributed by atoms with Crippen LogP contribution in [-0.2, 0) is 4.79 Å². The monoisotopic (exact) mass is 429 g/mol. The summed E-state index contributed by atoms with van der Waals surface area (Å²) >= 11 is 3.36. The smallest absolute Gasteiger partial charge is 0.346 e. The van der Waals surface area contributed by atoms with Crippen LogP contribution in [0.2, 0.25) is 0 Å². The zero-order valence-electron chi connectivity index (χ0n) is 13.5. The van der Waals surface area contributed by atoms with Crippen LogP contribution in [0.25, 0.3) is 10.9 Å². The van der Waals surface area contributed by atoms with Gasteiger partial charge in [0.15, 0.2) is 0 Å². The second kappa shape index (κ2) is 7.22. The van der Waals surface area contributed by atoms with Crippen LogP contribution < -0.4 is 5.32 Å². The minimum Gasteiger partial charge on any atom is -0.346 e. The molecular weight excluding hydrogens is 415 g/mol. The van der Waals surface area contributed by atoms with Gasteiger partial charge in [-0.1, -0.05) is 15.9 Å². The van der Waals surface area contributed by atoms with Gasteiger partial charge in [0.05, 0.1) is 11.1 Å². The van der Waals surface area contributed by atoms with Gasteiger partial charge in [0.1, 0.15) is 0 Å². The Balaban J connectivity index is 1.81. The molecule has 0 spiro atoms. The van der Waals surface area contributed by atoms with E-state index >= 15 is 0 Å². The van der Waals surface area contributed by atoms with E-state index < -0.39 is 18.1 Å². The Kier molecular flexibility index (Phi) is 5.17. The molecule has 9 heteroatoms. The zero-order valence-corrected chi connectivity index (χ0v) is 15.1. The average Bonchev–Trinajstić information content (AvgIpc) is 3.06. The first-order valence-corrected chi connectivity index (χ1v) is 8.77. The molecule has 2 heterocycles. The largest absolute Gasteiger partial charge is 0.471 e. The van der Waals surface area contributed by atoms with Crippen molar-refractivity contribution < 1.29 is 22.8 Å². The predicted molar refractivity (Wildman–Crippen MR) is 92.6 cm³/mol. The minimum atomic E-state index is -4.93. The molecular formula is C17H15BrF3N3O2. The van der Waals surface area contributed by atoms with Crippen molar-refractivity contribution in [2.24, 2.45) is 0 Å². The lowest BCUT2D eigenvalue weighted by Crippen LogP contribution is -2.46. The number of fused-ring (bicyclic) bond motifs is 1. The van der Waals surface area contributed by atoms with Crippen molar-refractivity contribution >= 4 is 38.6 Å². The molecule has 138 valence electrons. The van der Waals surface area contributed by atoms with Crippen LogP contribution in [0.5, 0.6) is 0 Å². The molecule has 3 rings (SSSR count). The molecule has 1 N–H and O–H groups in total. The van der Waals surface area contributed by atoms with E-state index in [0.717, 1.165) is 4.47 Å². The molecule has 0 bridgehead atoms. The number of pyridine rings is 1. The topological polar surface area (TPSA) is 62.3 Å². The van der Waals surface area contributed by atoms with E-state index in [-0.39, 0.29) is 12.5 Å². The lowest BCUT2D eigenvalue weighted by molar-refractivity contribution is -0.173. The van der Waals surface area contributed by atoms with Gasteiger partial charge in [-0.25, -0.2) is 0 Å². The number of likely N-dealkylation sites (tertiary alicyclic amines) is 1. The van der Waals surface area contributed by atoms with E-state index in [4.69, 9.17) is 0 Å². The summed E-state index contributed by atoms with van der Waals surface area (Å²) in [6, 6.07) is 6.51. The fourth-order valence-corrected chi connectivity index (χ4v) is 3.45. The number of rotatable bonds is 3. The van der Waals surface area contributed by atoms with Crippen molar-refractivity contribution in [2.75, 3.05) is 13.1 Å². The summed E-state index contributed by atoms with van der Waals surface area (Å²) in [6.45, 7) is 0.208. The fourth-order valence-electron chi connectivity index (χ4n) is 3.09. The number of carbonyl (C=O) groups is 2. The van der Waals surface area contributed by atoms with E-state index in [9.17, 15) is 22.8 Å². The summed E-state index contributed by atoms with van der Waals surface area (Å²) in [4.78, 5) is 29.7. The van der Waals surface area contributed by atoms with Crippen LogP contribution in [0.3, 0.4) is 0 Å². The number of alkyl halides is 3. The highest BCUT2D eigenvalue weighted by atomic mass is 79.9. The number of hydrogen-bond donors (Lipinski definition) is 1. The van der Waals surface area contributed by atoms with Crippen LogP contribution in [0.4, 0.5) is 13.2 Å². The highest BCUT2D eigenvalue weighted by Gasteiger charge is 2.39. The van der Waals surface area contributed by atoms with Gasteiger partial charge in [0.25, 0.3) is 5.91 Å². The molecule has 5 nitrogen and oxygen atoms in total. The van der Waals surface area contributed by atoms with Gasteiger partial charge in [-0.05, 0) is 37.1 Å². The van der Waals surface area contributed by atoms with E-state index in [1.807, 2.05) is 11.4 Å². The van der Waals surface area contributed by atoms with Gasteiger partial charge in [-0.2, -0.15) is 13.2 Å². The fraction of sp³-hybridized carbons (Fsp3) is 0.353. The number of amides is 2. The molecule has 0 aliphatic carbocycles. The number of nitrogens with one attached hydrogen (secondary N) is 1. The molecule has 0 saturated carbocycles. The first-order chi connectivity index (χ1) is 12.3. The maximum Gasteiger partial charge on any atom is 0.471 e. The highest BCUT2D eigenvalue weighted by molar-refractivity contribution is 9.10. The van der Waals surface area contributed by atoms with Crippen molar-refractivity contribution in [3.63, 3.8) is 0 Å². The molecule has 2 aromatic rings. The molecule has 1 atom stereocenters. The Morgan fingerprint density at radius 3 is 2.81 bits per heavy atom. The maximum atomic E-state index is 13.0. The van der Waals surface area contributed by atoms with Gasteiger partial charge < -0.3 is 10.2 Å². The third-order valence-corrected chi connectivity index (χ3v) is 4.82. The van der Waals surface area contributed by atoms with Gasteiger partial charge in [0, 0.05) is 35.2 Å². The summed E-state index contributed by atoms with van der Waals surface area (Å²) in [5, 5.41) is 2.53. The highest BCUT2D eigenvalue weighted by Crippen LogP contribution is 2.26. The maximum absolute atomic E-state index is 13.0. The lowest BCUT2D eigenvalue weighted by Gasteiger charge is -2.25. The molecule has 1 fully saturated rings. The predicted octanol–water partition coefficient (Wildman–Crippen LogP) is 3.28. The van der Waals surface area contributed by atoms with Crippen LogP contribution >= 0.6 is 15.9 Å². The Labute approximate surface area is 155 Å². The Morgan fingerprint density at radius 1 is 1.31 bits per heavy atom. The summed E-state index contributed by atoms with van der Waals surface area (Å²) < 4.78 is 37.9. The molecule has 1 saturated heterocycles. The van der Waals surface area contributed by atoms with E-state index in [1.165, 1.54) is 11.1 Å². The molecule has 1 aromatic carbocycles. The number of halogens is 4. The zero-order chi connectivity index (χ0) is 18.9. The normalized spacial score (nSPS) is 17.5. The molecule has 26 heavy (non-hydrogen) atoms. The van der Waals surface area contributed by atoms with Gasteiger partial charge in [0.2, 0.25) is 0 Å². The van der Waals surface area contributed by atoms with Crippen LogP contribution in [0.1, 0.15) is 23.2 Å². The third-order valence-electron chi connectivity index (χ3n) is 4.33. The Morgan fingerprint density at radius 2 is 2.08 bits per heavy atom. The van der Waals surface area contributed by atoms with E-state index in [1.54, 1.807) is 18.2 Å². The number of aromatic nitrogens is 1. The second-order valence-corrected chi connectivity index (χ2v) is 6.94. The van der Waals surface area contributed by atoms with E-state index in [0.29, 0.717) is 35.9 Å². The summed E-state index contributed by atoms with van der Waals surface area (Å²) in [6.07, 6.45) is -2.19. The Bertz CT molecular complexity index is 857. The van der Waals surface area contributed by atoms with Crippen molar-refractivity contribution in [3.05, 3.63) is 40.5 Å². The van der Waals surface area contributed by atoms with Crippen LogP contribution in [0.15, 0.2) is 34.9 Å². The first kappa shape index (κ1) is 18.6. The third kappa shape index (κ3) is 3.82. The quantitative estimate of drug-likeness (QED) is 0.814. The number of benzene rings is 1. The molecule has 1 unspecified atom stereocenters. The molecule has 1 aliphatic rings. The van der Waals surface area contributed by atoms with Gasteiger partial charge in [-0.3, -0.25) is 14.6 Å². The average molecular weight is 430 g/mol. The number of hydrogen-bond acceptors (Lipinski definition) is 3. The summed E-state index contributed by atoms with van der Waals surface area (Å²) in [5.74, 6) is -2.27. The Hall–Kier alpha value is -2.16. The molecule has 2 amide bonds. The number of carbonyl (C=O) groups excluding carboxylic acids is 2. The summed E-state index contributed by atoms with van der Waals surface area (Å²) in [5.41, 5.74) is 1.09. The van der Waals surface area contributed by atoms with Gasteiger partial charge >= 0.3 is 12.1 Å². The first-order valence-electron chi connectivity index (χ1n) is 7.97.